The van der Waals surface area contributed by atoms with Gasteiger partial charge in [-0.3, -0.25) is 15.6 Å². The van der Waals surface area contributed by atoms with Crippen LogP contribution in [0.15, 0.2) is 18.5 Å². The lowest BCUT2D eigenvalue weighted by atomic mass is 10.0. The Morgan fingerprint density at radius 1 is 1.72 bits per heavy atom. The first-order valence-electron chi connectivity index (χ1n) is 6.01. The van der Waals surface area contributed by atoms with Gasteiger partial charge >= 0.3 is 0 Å². The molecule has 18 heavy (non-hydrogen) atoms. The highest BCUT2D eigenvalue weighted by molar-refractivity contribution is 5.99. The molecule has 0 spiro atoms. The maximum Gasteiger partial charge on any atom is 0.256 e. The van der Waals surface area contributed by atoms with E-state index in [1.807, 2.05) is 6.92 Å². The van der Waals surface area contributed by atoms with Crippen LogP contribution < -0.4 is 11.3 Å². The first-order valence-corrected chi connectivity index (χ1v) is 6.01. The number of nitrogens with one attached hydrogen (secondary N) is 1. The number of rotatable bonds is 3. The Morgan fingerprint density at radius 3 is 3.17 bits per heavy atom. The van der Waals surface area contributed by atoms with Crippen molar-refractivity contribution in [3.05, 3.63) is 24.0 Å². The van der Waals surface area contributed by atoms with Gasteiger partial charge in [0, 0.05) is 12.7 Å². The smallest absolute Gasteiger partial charge is 0.256 e. The van der Waals surface area contributed by atoms with Crippen LogP contribution in [-0.4, -0.2) is 40.1 Å². The molecule has 0 aromatic carbocycles. The number of hydrazine groups is 1. The zero-order chi connectivity index (χ0) is 13.1. The summed E-state index contributed by atoms with van der Waals surface area (Å²) in [5.74, 6) is 5.57. The molecule has 0 saturated carbocycles. The lowest BCUT2D eigenvalue weighted by Crippen LogP contribution is -2.40. The van der Waals surface area contributed by atoms with Crippen molar-refractivity contribution in [3.63, 3.8) is 0 Å². The fraction of sp³-hybridized carbons (Fsp3) is 0.500. The van der Waals surface area contributed by atoms with Gasteiger partial charge in [-0.2, -0.15) is 0 Å². The van der Waals surface area contributed by atoms with Gasteiger partial charge in [-0.25, -0.2) is 0 Å². The van der Waals surface area contributed by atoms with Gasteiger partial charge in [0.25, 0.3) is 5.91 Å². The molecule has 1 amide bonds. The van der Waals surface area contributed by atoms with Crippen LogP contribution in [0, 0.1) is 5.92 Å². The quantitative estimate of drug-likeness (QED) is 0.527. The number of carbonyl (C=O) groups excluding carboxylic acids is 1. The van der Waals surface area contributed by atoms with Crippen molar-refractivity contribution in [1.82, 2.24) is 9.88 Å². The van der Waals surface area contributed by atoms with Gasteiger partial charge < -0.3 is 15.4 Å². The molecule has 2 unspecified atom stereocenters. The molecular weight excluding hydrogens is 232 g/mol. The zero-order valence-electron chi connectivity index (χ0n) is 10.3. The lowest BCUT2D eigenvalue weighted by molar-refractivity contribution is 0.0649. The van der Waals surface area contributed by atoms with Gasteiger partial charge in [0.15, 0.2) is 0 Å². The number of anilines is 1. The maximum absolute atomic E-state index is 12.4. The second-order valence-corrected chi connectivity index (χ2v) is 4.58. The van der Waals surface area contributed by atoms with Gasteiger partial charge in [-0.1, -0.05) is 6.92 Å². The number of aliphatic hydroxyl groups excluding tert-OH is 1. The Labute approximate surface area is 106 Å². The summed E-state index contributed by atoms with van der Waals surface area (Å²) < 4.78 is 0. The third kappa shape index (κ3) is 2.16. The standard InChI is InChI=1S/C12H18N4O2/c1-8-3-5-16(11(8)7-17)12(18)9-2-4-14-6-10(9)15-13/h2,4,6,8,11,15,17H,3,5,7,13H2,1H3. The molecule has 1 aliphatic heterocycles. The summed E-state index contributed by atoms with van der Waals surface area (Å²) in [6, 6.07) is 1.52. The van der Waals surface area contributed by atoms with Crippen LogP contribution in [0.5, 0.6) is 0 Å². The first kappa shape index (κ1) is 12.8. The van der Waals surface area contributed by atoms with E-state index in [1.165, 1.54) is 6.20 Å². The van der Waals surface area contributed by atoms with E-state index in [4.69, 9.17) is 5.84 Å². The van der Waals surface area contributed by atoms with Crippen LogP contribution in [0.1, 0.15) is 23.7 Å². The van der Waals surface area contributed by atoms with Crippen molar-refractivity contribution in [2.24, 2.45) is 11.8 Å². The summed E-state index contributed by atoms with van der Waals surface area (Å²) in [6.45, 7) is 2.70. The second kappa shape index (κ2) is 5.32. The van der Waals surface area contributed by atoms with Gasteiger partial charge in [0.1, 0.15) is 0 Å². The summed E-state index contributed by atoms with van der Waals surface area (Å²) in [5, 5.41) is 9.38. The third-order valence-corrected chi connectivity index (χ3v) is 3.54. The number of nitrogens with zero attached hydrogens (tertiary/aromatic N) is 2. The van der Waals surface area contributed by atoms with Crippen molar-refractivity contribution in [1.29, 1.82) is 0 Å². The minimum Gasteiger partial charge on any atom is -0.394 e. The van der Waals surface area contributed by atoms with E-state index in [-0.39, 0.29) is 18.6 Å². The Hall–Kier alpha value is -1.66. The van der Waals surface area contributed by atoms with E-state index in [1.54, 1.807) is 17.2 Å². The monoisotopic (exact) mass is 250 g/mol. The van der Waals surface area contributed by atoms with Crippen LogP contribution in [0.2, 0.25) is 0 Å². The molecule has 0 bridgehead atoms. The maximum atomic E-state index is 12.4. The van der Waals surface area contributed by atoms with Crippen LogP contribution in [-0.2, 0) is 0 Å². The summed E-state index contributed by atoms with van der Waals surface area (Å²) in [5.41, 5.74) is 3.46. The van der Waals surface area contributed by atoms with E-state index >= 15 is 0 Å². The van der Waals surface area contributed by atoms with Crippen molar-refractivity contribution in [2.75, 3.05) is 18.6 Å². The van der Waals surface area contributed by atoms with Gasteiger partial charge in [0.2, 0.25) is 0 Å². The minimum absolute atomic E-state index is 0.0105. The summed E-state index contributed by atoms with van der Waals surface area (Å²) in [4.78, 5) is 18.1. The molecule has 0 radical (unpaired) electrons. The van der Waals surface area contributed by atoms with E-state index in [0.717, 1.165) is 6.42 Å². The molecule has 6 heteroatoms. The normalized spacial score (nSPS) is 23.2. The van der Waals surface area contributed by atoms with E-state index in [2.05, 4.69) is 10.4 Å². The number of aromatic nitrogens is 1. The van der Waals surface area contributed by atoms with Crippen LogP contribution >= 0.6 is 0 Å². The number of hydrogen-bond acceptors (Lipinski definition) is 5. The summed E-state index contributed by atoms with van der Waals surface area (Å²) >= 11 is 0. The number of carbonyl (C=O) groups is 1. The molecular formula is C12H18N4O2. The Balaban J connectivity index is 2.26. The van der Waals surface area contributed by atoms with E-state index in [9.17, 15) is 9.90 Å². The number of amides is 1. The largest absolute Gasteiger partial charge is 0.394 e. The van der Waals surface area contributed by atoms with E-state index in [0.29, 0.717) is 23.7 Å². The molecule has 2 heterocycles. The fourth-order valence-electron chi connectivity index (χ4n) is 2.39. The van der Waals surface area contributed by atoms with Crippen molar-refractivity contribution >= 4 is 11.6 Å². The Bertz CT molecular complexity index is 438. The Kier molecular flexibility index (Phi) is 3.78. The number of pyridine rings is 1. The van der Waals surface area contributed by atoms with Crippen LogP contribution in [0.4, 0.5) is 5.69 Å². The Morgan fingerprint density at radius 2 is 2.50 bits per heavy atom. The number of nitrogen functional groups attached to an aromatic ring is 1. The molecule has 6 nitrogen and oxygen atoms in total. The summed E-state index contributed by atoms with van der Waals surface area (Å²) in [6.07, 6.45) is 3.98. The van der Waals surface area contributed by atoms with Crippen LogP contribution in [0.3, 0.4) is 0 Å². The molecule has 1 aliphatic rings. The number of aliphatic hydroxyl groups is 1. The van der Waals surface area contributed by atoms with E-state index < -0.39 is 0 Å². The lowest BCUT2D eigenvalue weighted by Gasteiger charge is -2.25. The zero-order valence-corrected chi connectivity index (χ0v) is 10.3. The summed E-state index contributed by atoms with van der Waals surface area (Å²) in [7, 11) is 0. The second-order valence-electron chi connectivity index (χ2n) is 4.58. The van der Waals surface area contributed by atoms with Crippen molar-refractivity contribution in [3.8, 4) is 0 Å². The number of hydrogen-bond donors (Lipinski definition) is 3. The van der Waals surface area contributed by atoms with Gasteiger partial charge in [0.05, 0.1) is 30.1 Å². The van der Waals surface area contributed by atoms with Gasteiger partial charge in [-0.05, 0) is 18.4 Å². The fourth-order valence-corrected chi connectivity index (χ4v) is 2.39. The third-order valence-electron chi connectivity index (χ3n) is 3.54. The molecule has 1 aromatic heterocycles. The molecule has 4 N–H and O–H groups in total. The number of nitrogens with two attached hydrogens (primary N) is 1. The molecule has 2 atom stereocenters. The highest BCUT2D eigenvalue weighted by Gasteiger charge is 2.34. The molecule has 1 aromatic rings. The topological polar surface area (TPSA) is 91.5 Å². The molecule has 2 rings (SSSR count). The van der Waals surface area contributed by atoms with Crippen LogP contribution in [0.25, 0.3) is 0 Å². The molecule has 1 saturated heterocycles. The highest BCUT2D eigenvalue weighted by Crippen LogP contribution is 2.26. The minimum atomic E-state index is -0.117. The predicted octanol–water partition coefficient (Wildman–Crippen LogP) is 0.210. The van der Waals surface area contributed by atoms with Crippen molar-refractivity contribution < 1.29 is 9.90 Å². The molecule has 0 aliphatic carbocycles. The predicted molar refractivity (Wildman–Crippen MR) is 67.7 cm³/mol. The average Bonchev–Trinajstić information content (AvgIpc) is 2.78. The molecule has 1 fully saturated rings. The first-order chi connectivity index (χ1) is 8.69. The van der Waals surface area contributed by atoms with Crippen molar-refractivity contribution in [2.45, 2.75) is 19.4 Å². The molecule has 98 valence electrons. The highest BCUT2D eigenvalue weighted by atomic mass is 16.3. The number of likely N-dealkylation sites (tertiary alicyclic amines) is 1. The van der Waals surface area contributed by atoms with Gasteiger partial charge in [-0.15, -0.1) is 0 Å². The average molecular weight is 250 g/mol. The SMILES string of the molecule is CC1CCN(C(=O)c2ccncc2NN)C1CO.